The van der Waals surface area contributed by atoms with Gasteiger partial charge in [0.25, 0.3) is 5.91 Å². The summed E-state index contributed by atoms with van der Waals surface area (Å²) in [6.07, 6.45) is 1.69. The third-order valence-corrected chi connectivity index (χ3v) is 4.96. The Labute approximate surface area is 175 Å². The first-order chi connectivity index (χ1) is 14.2. The van der Waals surface area contributed by atoms with E-state index in [1.807, 2.05) is 55.5 Å². The zero-order chi connectivity index (χ0) is 21.9. The molecule has 0 aliphatic heterocycles. The molecule has 3 aromatic rings. The van der Waals surface area contributed by atoms with Gasteiger partial charge in [-0.25, -0.2) is 4.68 Å². The van der Waals surface area contributed by atoms with Gasteiger partial charge in [-0.2, -0.15) is 5.10 Å². The molecule has 0 aliphatic rings. The summed E-state index contributed by atoms with van der Waals surface area (Å²) in [5.74, 6) is -0.148. The number of amides is 2. The number of aromatic nitrogens is 2. The average molecular weight is 406 g/mol. The highest BCUT2D eigenvalue weighted by molar-refractivity contribution is 6.00. The van der Waals surface area contributed by atoms with E-state index < -0.39 is 11.3 Å². The number of nitrogens with two attached hydrogens (primary N) is 1. The van der Waals surface area contributed by atoms with Gasteiger partial charge in [0.2, 0.25) is 5.91 Å². The number of rotatable bonds is 7. The average Bonchev–Trinajstić information content (AvgIpc) is 3.18. The molecule has 0 spiro atoms. The van der Waals surface area contributed by atoms with Crippen LogP contribution in [0.1, 0.15) is 29.8 Å². The second-order valence-corrected chi connectivity index (χ2v) is 7.83. The van der Waals surface area contributed by atoms with E-state index in [9.17, 15) is 9.59 Å². The molecular formula is C23H26N4O3. The van der Waals surface area contributed by atoms with Crippen molar-refractivity contribution in [2.24, 2.45) is 11.1 Å². The number of carbonyl (C=O) groups is 2. The van der Waals surface area contributed by atoms with Crippen LogP contribution in [0.3, 0.4) is 0 Å². The van der Waals surface area contributed by atoms with Crippen LogP contribution in [0, 0.1) is 12.3 Å². The third-order valence-electron chi connectivity index (χ3n) is 4.96. The number of ether oxygens (including phenoxy) is 1. The topological polar surface area (TPSA) is 99.2 Å². The molecule has 0 unspecified atom stereocenters. The number of hydrogen-bond donors (Lipinski definition) is 2. The Morgan fingerprint density at radius 1 is 1.17 bits per heavy atom. The first kappa shape index (κ1) is 21.1. The molecular weight excluding hydrogens is 380 g/mol. The Morgan fingerprint density at radius 3 is 2.50 bits per heavy atom. The molecule has 2 amide bonds. The third kappa shape index (κ3) is 4.51. The number of hydrogen-bond acceptors (Lipinski definition) is 4. The van der Waals surface area contributed by atoms with Gasteiger partial charge in [0.15, 0.2) is 0 Å². The zero-order valence-electron chi connectivity index (χ0n) is 17.6. The second-order valence-electron chi connectivity index (χ2n) is 7.83. The Bertz CT molecular complexity index is 1070. The first-order valence-electron chi connectivity index (χ1n) is 9.60. The standard InChI is InChI=1S/C23H26N4O3/c1-15-8-10-17(11-9-15)27-13-19(21(28)25-14-23(2,3)22(24)29)20(26-27)16-6-5-7-18(12-16)30-4/h5-13H,14H2,1-4H3,(H2,24,29)(H,25,28). The largest absolute Gasteiger partial charge is 0.497 e. The van der Waals surface area contributed by atoms with Crippen molar-refractivity contribution in [1.82, 2.24) is 15.1 Å². The van der Waals surface area contributed by atoms with Crippen molar-refractivity contribution < 1.29 is 14.3 Å². The maximum absolute atomic E-state index is 13.0. The molecule has 0 fully saturated rings. The molecule has 1 heterocycles. The minimum absolute atomic E-state index is 0.119. The van der Waals surface area contributed by atoms with Crippen LogP contribution in [0.15, 0.2) is 54.7 Å². The molecule has 3 N–H and O–H groups in total. The molecule has 2 aromatic carbocycles. The number of nitrogens with one attached hydrogen (secondary N) is 1. The molecule has 30 heavy (non-hydrogen) atoms. The number of carbonyl (C=O) groups excluding carboxylic acids is 2. The van der Waals surface area contributed by atoms with Gasteiger partial charge >= 0.3 is 0 Å². The first-order valence-corrected chi connectivity index (χ1v) is 9.60. The maximum atomic E-state index is 13.0. The highest BCUT2D eigenvalue weighted by atomic mass is 16.5. The van der Waals surface area contributed by atoms with Crippen LogP contribution >= 0.6 is 0 Å². The summed E-state index contributed by atoms with van der Waals surface area (Å²) in [5.41, 5.74) is 8.18. The maximum Gasteiger partial charge on any atom is 0.255 e. The summed E-state index contributed by atoms with van der Waals surface area (Å²) in [5, 5.41) is 7.47. The zero-order valence-corrected chi connectivity index (χ0v) is 17.6. The van der Waals surface area contributed by atoms with Crippen molar-refractivity contribution in [3.8, 4) is 22.7 Å². The molecule has 0 bridgehead atoms. The molecule has 1 aromatic heterocycles. The van der Waals surface area contributed by atoms with Gasteiger partial charge in [-0.15, -0.1) is 0 Å². The quantitative estimate of drug-likeness (QED) is 0.630. The number of methoxy groups -OCH3 is 1. The Morgan fingerprint density at radius 2 is 1.87 bits per heavy atom. The molecule has 7 nitrogen and oxygen atoms in total. The summed E-state index contributed by atoms with van der Waals surface area (Å²) in [6, 6.07) is 15.2. The van der Waals surface area contributed by atoms with Gasteiger partial charge in [-0.05, 0) is 45.0 Å². The van der Waals surface area contributed by atoms with Crippen molar-refractivity contribution >= 4 is 11.8 Å². The SMILES string of the molecule is COc1cccc(-c2nn(-c3ccc(C)cc3)cc2C(=O)NCC(C)(C)C(N)=O)c1. The van der Waals surface area contributed by atoms with E-state index in [1.165, 1.54) is 0 Å². The van der Waals surface area contributed by atoms with Crippen molar-refractivity contribution in [2.45, 2.75) is 20.8 Å². The minimum Gasteiger partial charge on any atom is -0.497 e. The van der Waals surface area contributed by atoms with Crippen molar-refractivity contribution in [3.05, 3.63) is 65.9 Å². The van der Waals surface area contributed by atoms with Crippen LogP contribution in [-0.2, 0) is 4.79 Å². The normalized spacial score (nSPS) is 11.2. The highest BCUT2D eigenvalue weighted by Crippen LogP contribution is 2.27. The fourth-order valence-electron chi connectivity index (χ4n) is 2.84. The number of aryl methyl sites for hydroxylation is 1. The Balaban J connectivity index is 2.02. The number of primary amides is 1. The van der Waals surface area contributed by atoms with Gasteiger partial charge in [0.05, 0.1) is 23.8 Å². The summed E-state index contributed by atoms with van der Waals surface area (Å²) in [7, 11) is 1.59. The Kier molecular flexibility index (Phi) is 5.91. The molecule has 3 rings (SSSR count). The van der Waals surface area contributed by atoms with Crippen LogP contribution in [0.25, 0.3) is 16.9 Å². The fraction of sp³-hybridized carbons (Fsp3) is 0.261. The van der Waals surface area contributed by atoms with Gasteiger partial charge < -0.3 is 15.8 Å². The summed E-state index contributed by atoms with van der Waals surface area (Å²) in [4.78, 5) is 24.6. The van der Waals surface area contributed by atoms with Gasteiger partial charge in [0, 0.05) is 18.3 Å². The van der Waals surface area contributed by atoms with Crippen molar-refractivity contribution in [3.63, 3.8) is 0 Å². The minimum atomic E-state index is -0.862. The molecule has 7 heteroatoms. The summed E-state index contributed by atoms with van der Waals surface area (Å²) < 4.78 is 6.98. The van der Waals surface area contributed by atoms with Crippen molar-refractivity contribution in [1.29, 1.82) is 0 Å². The van der Waals surface area contributed by atoms with E-state index >= 15 is 0 Å². The molecule has 0 aliphatic carbocycles. The number of nitrogens with zero attached hydrogens (tertiary/aromatic N) is 2. The monoisotopic (exact) mass is 406 g/mol. The Hall–Kier alpha value is -3.61. The van der Waals surface area contributed by atoms with E-state index in [0.29, 0.717) is 17.0 Å². The predicted octanol–water partition coefficient (Wildman–Crippen LogP) is 3.10. The van der Waals surface area contributed by atoms with E-state index in [4.69, 9.17) is 10.5 Å². The lowest BCUT2D eigenvalue weighted by atomic mass is 9.92. The number of benzene rings is 2. The van der Waals surface area contributed by atoms with Crippen LogP contribution in [0.5, 0.6) is 5.75 Å². The highest BCUT2D eigenvalue weighted by Gasteiger charge is 2.27. The van der Waals surface area contributed by atoms with Crippen molar-refractivity contribution in [2.75, 3.05) is 13.7 Å². The smallest absolute Gasteiger partial charge is 0.255 e. The molecule has 156 valence electrons. The van der Waals surface area contributed by atoms with Crippen LogP contribution in [-0.4, -0.2) is 35.2 Å². The van der Waals surface area contributed by atoms with Gasteiger partial charge in [0.1, 0.15) is 11.4 Å². The molecule has 0 saturated carbocycles. The molecule has 0 radical (unpaired) electrons. The van der Waals surface area contributed by atoms with Crippen LogP contribution in [0.2, 0.25) is 0 Å². The lowest BCUT2D eigenvalue weighted by molar-refractivity contribution is -0.125. The van der Waals surface area contributed by atoms with Crippen LogP contribution in [0.4, 0.5) is 0 Å². The summed E-state index contributed by atoms with van der Waals surface area (Å²) >= 11 is 0. The van der Waals surface area contributed by atoms with E-state index in [1.54, 1.807) is 31.8 Å². The van der Waals surface area contributed by atoms with E-state index in [2.05, 4.69) is 10.4 Å². The summed E-state index contributed by atoms with van der Waals surface area (Å²) in [6.45, 7) is 5.50. The van der Waals surface area contributed by atoms with Crippen LogP contribution < -0.4 is 15.8 Å². The molecule has 0 atom stereocenters. The molecule has 0 saturated heterocycles. The lowest BCUT2D eigenvalue weighted by Crippen LogP contribution is -2.42. The van der Waals surface area contributed by atoms with E-state index in [-0.39, 0.29) is 12.5 Å². The fourth-order valence-corrected chi connectivity index (χ4v) is 2.84. The van der Waals surface area contributed by atoms with E-state index in [0.717, 1.165) is 16.8 Å². The lowest BCUT2D eigenvalue weighted by Gasteiger charge is -2.20. The predicted molar refractivity (Wildman–Crippen MR) is 116 cm³/mol. The van der Waals surface area contributed by atoms with Gasteiger partial charge in [-0.3, -0.25) is 9.59 Å². The second kappa shape index (κ2) is 8.41. The van der Waals surface area contributed by atoms with Gasteiger partial charge in [-0.1, -0.05) is 29.8 Å².